The number of aromatic nitrogens is 3. The zero-order chi connectivity index (χ0) is 19.9. The summed E-state index contributed by atoms with van der Waals surface area (Å²) >= 11 is 0. The minimum absolute atomic E-state index is 0.0329. The Morgan fingerprint density at radius 3 is 2.45 bits per heavy atom. The number of rotatable bonds is 6. The van der Waals surface area contributed by atoms with Gasteiger partial charge in [0.1, 0.15) is 5.82 Å². The maximum Gasteiger partial charge on any atom is 0.274 e. The van der Waals surface area contributed by atoms with Crippen LogP contribution in [0.2, 0.25) is 0 Å². The van der Waals surface area contributed by atoms with Crippen LogP contribution >= 0.6 is 0 Å². The number of piperidine rings is 1. The topological polar surface area (TPSA) is 71.0 Å². The Balaban J connectivity index is 1.27. The summed E-state index contributed by atoms with van der Waals surface area (Å²) in [6.45, 7) is 2.17. The number of pyridine rings is 1. The highest BCUT2D eigenvalue weighted by Crippen LogP contribution is 2.22. The average Bonchev–Trinajstić information content (AvgIpc) is 2.79. The second-order valence-corrected chi connectivity index (χ2v) is 7.44. The average molecular weight is 387 g/mol. The van der Waals surface area contributed by atoms with Crippen molar-refractivity contribution in [2.75, 3.05) is 18.4 Å². The van der Waals surface area contributed by atoms with Crippen molar-refractivity contribution in [1.29, 1.82) is 0 Å². The van der Waals surface area contributed by atoms with E-state index in [-0.39, 0.29) is 5.91 Å². The monoisotopic (exact) mass is 387 g/mol. The van der Waals surface area contributed by atoms with Crippen LogP contribution in [0.3, 0.4) is 0 Å². The summed E-state index contributed by atoms with van der Waals surface area (Å²) in [7, 11) is 0. The first-order valence-electron chi connectivity index (χ1n) is 10.1. The molecule has 1 amide bonds. The lowest BCUT2D eigenvalue weighted by Gasteiger charge is -2.31. The number of carbonyl (C=O) groups excluding carboxylic acids is 1. The van der Waals surface area contributed by atoms with Gasteiger partial charge in [-0.15, -0.1) is 10.2 Å². The van der Waals surface area contributed by atoms with E-state index in [1.165, 1.54) is 5.56 Å². The summed E-state index contributed by atoms with van der Waals surface area (Å²) in [6.07, 6.45) is 6.69. The molecule has 0 unspecified atom stereocenters. The third kappa shape index (κ3) is 5.16. The molecule has 29 heavy (non-hydrogen) atoms. The van der Waals surface area contributed by atoms with E-state index in [0.29, 0.717) is 24.0 Å². The molecule has 4 rings (SSSR count). The SMILES string of the molecule is O=C(c1ccc(NCc2cccnc2)nn1)N1CCC(Cc2ccccc2)CC1. The summed E-state index contributed by atoms with van der Waals surface area (Å²) in [5.74, 6) is 1.24. The van der Waals surface area contributed by atoms with Crippen molar-refractivity contribution >= 4 is 11.7 Å². The molecule has 0 radical (unpaired) electrons. The van der Waals surface area contributed by atoms with Crippen LogP contribution in [0.25, 0.3) is 0 Å². The van der Waals surface area contributed by atoms with E-state index >= 15 is 0 Å². The Kier molecular flexibility index (Phi) is 6.10. The molecular formula is C23H25N5O. The van der Waals surface area contributed by atoms with Crippen LogP contribution < -0.4 is 5.32 Å². The van der Waals surface area contributed by atoms with E-state index in [0.717, 1.165) is 37.9 Å². The smallest absolute Gasteiger partial charge is 0.274 e. The summed E-state index contributed by atoms with van der Waals surface area (Å²) in [4.78, 5) is 18.7. The summed E-state index contributed by atoms with van der Waals surface area (Å²) in [5, 5.41) is 11.5. The van der Waals surface area contributed by atoms with Crippen molar-refractivity contribution in [3.8, 4) is 0 Å². The summed E-state index contributed by atoms with van der Waals surface area (Å²) in [5.41, 5.74) is 2.84. The van der Waals surface area contributed by atoms with E-state index in [4.69, 9.17) is 0 Å². The van der Waals surface area contributed by atoms with Crippen LogP contribution in [0, 0.1) is 5.92 Å². The largest absolute Gasteiger partial charge is 0.364 e. The fraction of sp³-hybridized carbons (Fsp3) is 0.304. The standard InChI is InChI=1S/C23H25N5O/c29-23(28-13-10-19(11-14-28)15-18-5-2-1-3-6-18)21-8-9-22(27-26-21)25-17-20-7-4-12-24-16-20/h1-9,12,16,19H,10-11,13-15,17H2,(H,25,27). The first-order valence-corrected chi connectivity index (χ1v) is 10.1. The Morgan fingerprint density at radius 2 is 1.76 bits per heavy atom. The molecule has 1 aromatic carbocycles. The van der Waals surface area contributed by atoms with Gasteiger partial charge in [-0.25, -0.2) is 0 Å². The third-order valence-corrected chi connectivity index (χ3v) is 5.35. The van der Waals surface area contributed by atoms with Gasteiger partial charge in [-0.3, -0.25) is 9.78 Å². The number of nitrogens with one attached hydrogen (secondary N) is 1. The van der Waals surface area contributed by atoms with Crippen LogP contribution in [0.15, 0.2) is 67.0 Å². The van der Waals surface area contributed by atoms with Gasteiger partial charge in [0, 0.05) is 32.0 Å². The van der Waals surface area contributed by atoms with Crippen LogP contribution in [0.4, 0.5) is 5.82 Å². The molecule has 1 fully saturated rings. The normalized spacial score (nSPS) is 14.6. The van der Waals surface area contributed by atoms with Crippen LogP contribution in [0.5, 0.6) is 0 Å². The molecule has 0 saturated carbocycles. The number of hydrogen-bond acceptors (Lipinski definition) is 5. The number of benzene rings is 1. The molecule has 0 spiro atoms. The second-order valence-electron chi connectivity index (χ2n) is 7.44. The maximum atomic E-state index is 12.8. The van der Waals surface area contributed by atoms with E-state index in [1.54, 1.807) is 24.5 Å². The molecule has 148 valence electrons. The number of hydrogen-bond donors (Lipinski definition) is 1. The molecule has 1 aliphatic heterocycles. The number of nitrogens with zero attached hydrogens (tertiary/aromatic N) is 4. The van der Waals surface area contributed by atoms with Gasteiger partial charge in [-0.05, 0) is 54.5 Å². The first-order chi connectivity index (χ1) is 14.3. The van der Waals surface area contributed by atoms with Gasteiger partial charge in [-0.2, -0.15) is 0 Å². The molecule has 1 N–H and O–H groups in total. The zero-order valence-corrected chi connectivity index (χ0v) is 16.4. The highest BCUT2D eigenvalue weighted by atomic mass is 16.2. The molecule has 0 aliphatic carbocycles. The van der Waals surface area contributed by atoms with Crippen molar-refractivity contribution in [2.24, 2.45) is 5.92 Å². The van der Waals surface area contributed by atoms with Crippen molar-refractivity contribution < 1.29 is 4.79 Å². The lowest BCUT2D eigenvalue weighted by Crippen LogP contribution is -2.39. The maximum absolute atomic E-state index is 12.8. The molecule has 1 aliphatic rings. The van der Waals surface area contributed by atoms with Crippen LogP contribution in [-0.2, 0) is 13.0 Å². The molecule has 6 heteroatoms. The number of carbonyl (C=O) groups is 1. The number of anilines is 1. The fourth-order valence-electron chi connectivity index (χ4n) is 3.69. The quantitative estimate of drug-likeness (QED) is 0.700. The molecular weight excluding hydrogens is 362 g/mol. The fourth-order valence-corrected chi connectivity index (χ4v) is 3.69. The van der Waals surface area contributed by atoms with Gasteiger partial charge in [0.05, 0.1) is 0 Å². The predicted molar refractivity (Wildman–Crippen MR) is 112 cm³/mol. The number of likely N-dealkylation sites (tertiary alicyclic amines) is 1. The third-order valence-electron chi connectivity index (χ3n) is 5.35. The van der Waals surface area contributed by atoms with Crippen molar-refractivity contribution in [2.45, 2.75) is 25.8 Å². The molecule has 3 heterocycles. The molecule has 3 aromatic rings. The molecule has 0 atom stereocenters. The number of amides is 1. The summed E-state index contributed by atoms with van der Waals surface area (Å²) < 4.78 is 0. The van der Waals surface area contributed by atoms with Crippen LogP contribution in [0.1, 0.15) is 34.5 Å². The Labute approximate surface area is 171 Å². The Morgan fingerprint density at radius 1 is 0.966 bits per heavy atom. The van der Waals surface area contributed by atoms with E-state index in [2.05, 4.69) is 44.8 Å². The minimum Gasteiger partial charge on any atom is -0.364 e. The van der Waals surface area contributed by atoms with Gasteiger partial charge in [0.15, 0.2) is 5.69 Å². The Bertz CT molecular complexity index is 907. The van der Waals surface area contributed by atoms with Crippen molar-refractivity contribution in [3.05, 3.63) is 83.8 Å². The molecule has 0 bridgehead atoms. The lowest BCUT2D eigenvalue weighted by molar-refractivity contribution is 0.0683. The van der Waals surface area contributed by atoms with Gasteiger partial charge in [0.2, 0.25) is 0 Å². The second kappa shape index (κ2) is 9.28. The molecule has 1 saturated heterocycles. The van der Waals surface area contributed by atoms with Crippen molar-refractivity contribution in [1.82, 2.24) is 20.1 Å². The minimum atomic E-state index is -0.0329. The molecule has 2 aromatic heterocycles. The first kappa shape index (κ1) is 19.1. The zero-order valence-electron chi connectivity index (χ0n) is 16.4. The highest BCUT2D eigenvalue weighted by Gasteiger charge is 2.24. The van der Waals surface area contributed by atoms with E-state index < -0.39 is 0 Å². The van der Waals surface area contributed by atoms with Gasteiger partial charge in [-0.1, -0.05) is 36.4 Å². The summed E-state index contributed by atoms with van der Waals surface area (Å²) in [6, 6.07) is 18.0. The van der Waals surface area contributed by atoms with Gasteiger partial charge in [0.25, 0.3) is 5.91 Å². The lowest BCUT2D eigenvalue weighted by atomic mass is 9.90. The molecule has 6 nitrogen and oxygen atoms in total. The van der Waals surface area contributed by atoms with Crippen molar-refractivity contribution in [3.63, 3.8) is 0 Å². The predicted octanol–water partition coefficient (Wildman–Crippen LogP) is 3.58. The van der Waals surface area contributed by atoms with Gasteiger partial charge >= 0.3 is 0 Å². The Hall–Kier alpha value is -3.28. The van der Waals surface area contributed by atoms with E-state index in [1.807, 2.05) is 23.1 Å². The van der Waals surface area contributed by atoms with Crippen LogP contribution in [-0.4, -0.2) is 39.1 Å². The van der Waals surface area contributed by atoms with E-state index in [9.17, 15) is 4.79 Å². The van der Waals surface area contributed by atoms with Gasteiger partial charge < -0.3 is 10.2 Å². The highest BCUT2D eigenvalue weighted by molar-refractivity contribution is 5.92.